The lowest BCUT2D eigenvalue weighted by Crippen LogP contribution is -2.34. The first-order chi connectivity index (χ1) is 7.82. The van der Waals surface area contributed by atoms with Crippen molar-refractivity contribution in [2.24, 2.45) is 11.7 Å². The predicted octanol–water partition coefficient (Wildman–Crippen LogP) is 2.15. The maximum atomic E-state index is 7.49. The molecule has 4 nitrogen and oxygen atoms in total. The zero-order valence-corrected chi connectivity index (χ0v) is 11.3. The smallest absolute Gasteiger partial charge is 0.129 e. The highest BCUT2D eigenvalue weighted by Gasteiger charge is 2.15. The lowest BCUT2D eigenvalue weighted by atomic mass is 10.1. The van der Waals surface area contributed by atoms with E-state index in [1.807, 2.05) is 26.1 Å². The minimum absolute atomic E-state index is 0.0855. The summed E-state index contributed by atoms with van der Waals surface area (Å²) in [4.78, 5) is 6.62. The van der Waals surface area contributed by atoms with E-state index in [-0.39, 0.29) is 5.84 Å². The van der Waals surface area contributed by atoms with Crippen molar-refractivity contribution in [2.45, 2.75) is 33.7 Å². The fourth-order valence-corrected chi connectivity index (χ4v) is 1.64. The van der Waals surface area contributed by atoms with Crippen LogP contribution in [0.4, 0.5) is 5.82 Å². The highest BCUT2D eigenvalue weighted by Crippen LogP contribution is 2.19. The summed E-state index contributed by atoms with van der Waals surface area (Å²) in [7, 11) is 2.02. The summed E-state index contributed by atoms with van der Waals surface area (Å²) in [6.45, 7) is 8.46. The number of nitrogens with one attached hydrogen (secondary N) is 1. The minimum Gasteiger partial charge on any atom is -0.384 e. The Morgan fingerprint density at radius 2 is 1.94 bits per heavy atom. The molecule has 1 rings (SSSR count). The van der Waals surface area contributed by atoms with Gasteiger partial charge in [-0.05, 0) is 31.9 Å². The van der Waals surface area contributed by atoms with Crippen LogP contribution >= 0.6 is 0 Å². The van der Waals surface area contributed by atoms with Crippen LogP contribution in [-0.4, -0.2) is 23.9 Å². The van der Waals surface area contributed by atoms with Crippen LogP contribution in [0.15, 0.2) is 12.1 Å². The van der Waals surface area contributed by atoms with Crippen molar-refractivity contribution in [1.82, 2.24) is 4.98 Å². The third-order valence-corrected chi connectivity index (χ3v) is 3.19. The first kappa shape index (κ1) is 13.5. The molecule has 1 heterocycles. The molecule has 0 saturated heterocycles. The quantitative estimate of drug-likeness (QED) is 0.619. The van der Waals surface area contributed by atoms with Gasteiger partial charge in [-0.1, -0.05) is 13.8 Å². The molecule has 3 N–H and O–H groups in total. The van der Waals surface area contributed by atoms with E-state index in [2.05, 4.69) is 30.7 Å². The topological polar surface area (TPSA) is 66.0 Å². The van der Waals surface area contributed by atoms with Crippen LogP contribution in [0.2, 0.25) is 0 Å². The third-order valence-electron chi connectivity index (χ3n) is 3.19. The van der Waals surface area contributed by atoms with Crippen LogP contribution in [0.5, 0.6) is 0 Å². The van der Waals surface area contributed by atoms with Gasteiger partial charge in [-0.2, -0.15) is 0 Å². The van der Waals surface area contributed by atoms with Gasteiger partial charge in [0.2, 0.25) is 0 Å². The average Bonchev–Trinajstić information content (AvgIpc) is 2.25. The molecule has 0 radical (unpaired) electrons. The number of hydrogen-bond donors (Lipinski definition) is 2. The highest BCUT2D eigenvalue weighted by atomic mass is 15.2. The maximum absolute atomic E-state index is 7.49. The summed E-state index contributed by atoms with van der Waals surface area (Å²) in [6.07, 6.45) is 0. The molecule has 0 saturated carbocycles. The number of aromatic nitrogens is 1. The van der Waals surface area contributed by atoms with Gasteiger partial charge in [0.25, 0.3) is 0 Å². The van der Waals surface area contributed by atoms with E-state index in [1.165, 1.54) is 0 Å². The number of nitrogens with zero attached hydrogens (tertiary/aromatic N) is 2. The molecule has 4 heteroatoms. The molecule has 0 fully saturated rings. The van der Waals surface area contributed by atoms with Crippen LogP contribution in [0.1, 0.15) is 32.0 Å². The second-order valence-corrected chi connectivity index (χ2v) is 4.86. The van der Waals surface area contributed by atoms with Crippen molar-refractivity contribution in [2.75, 3.05) is 11.9 Å². The highest BCUT2D eigenvalue weighted by molar-refractivity contribution is 5.95. The van der Waals surface area contributed by atoms with Crippen molar-refractivity contribution in [3.8, 4) is 0 Å². The minimum atomic E-state index is 0.0855. The van der Waals surface area contributed by atoms with Gasteiger partial charge < -0.3 is 10.6 Å². The van der Waals surface area contributed by atoms with Crippen LogP contribution in [-0.2, 0) is 0 Å². The van der Waals surface area contributed by atoms with Gasteiger partial charge in [0, 0.05) is 24.3 Å². The first-order valence-corrected chi connectivity index (χ1v) is 5.88. The number of aryl methyl sites for hydroxylation is 1. The van der Waals surface area contributed by atoms with Crippen molar-refractivity contribution in [3.63, 3.8) is 0 Å². The fraction of sp³-hybridized carbons (Fsp3) is 0.538. The van der Waals surface area contributed by atoms with E-state index >= 15 is 0 Å². The molecule has 1 aromatic rings. The van der Waals surface area contributed by atoms with E-state index in [4.69, 9.17) is 11.1 Å². The number of hydrogen-bond acceptors (Lipinski definition) is 3. The van der Waals surface area contributed by atoms with Gasteiger partial charge in [-0.25, -0.2) is 4.98 Å². The molecule has 0 aromatic carbocycles. The normalized spacial score (nSPS) is 12.6. The molecule has 1 atom stereocenters. The summed E-state index contributed by atoms with van der Waals surface area (Å²) in [5.74, 6) is 1.50. The second-order valence-electron chi connectivity index (χ2n) is 4.86. The zero-order valence-electron chi connectivity index (χ0n) is 11.3. The fourth-order valence-electron chi connectivity index (χ4n) is 1.64. The van der Waals surface area contributed by atoms with Gasteiger partial charge in [-0.15, -0.1) is 0 Å². The molecule has 0 bridgehead atoms. The zero-order chi connectivity index (χ0) is 13.2. The van der Waals surface area contributed by atoms with E-state index in [0.29, 0.717) is 12.0 Å². The molecule has 1 unspecified atom stereocenters. The van der Waals surface area contributed by atoms with Crippen molar-refractivity contribution in [3.05, 3.63) is 23.4 Å². The molecule has 0 aliphatic heterocycles. The summed E-state index contributed by atoms with van der Waals surface area (Å²) in [5.41, 5.74) is 7.14. The van der Waals surface area contributed by atoms with Crippen LogP contribution < -0.4 is 10.6 Å². The van der Waals surface area contributed by atoms with Crippen LogP contribution in [0.25, 0.3) is 0 Å². The SMILES string of the molecule is Cc1cc(C(=N)N)cc(N(C)C(C)C(C)C)n1. The van der Waals surface area contributed by atoms with Crippen LogP contribution in [0, 0.1) is 18.3 Å². The Hall–Kier alpha value is -1.58. The standard InChI is InChI=1S/C13H22N4/c1-8(2)10(4)17(5)12-7-11(13(14)15)6-9(3)16-12/h6-8,10H,1-5H3,(H3,14,15). The van der Waals surface area contributed by atoms with Gasteiger partial charge in [0.05, 0.1) is 0 Å². The van der Waals surface area contributed by atoms with E-state index in [0.717, 1.165) is 17.1 Å². The summed E-state index contributed by atoms with van der Waals surface area (Å²) >= 11 is 0. The van der Waals surface area contributed by atoms with Crippen molar-refractivity contribution in [1.29, 1.82) is 5.41 Å². The molecule has 0 amide bonds. The van der Waals surface area contributed by atoms with Gasteiger partial charge in [0.15, 0.2) is 0 Å². The second kappa shape index (κ2) is 5.17. The Labute approximate surface area is 103 Å². The lowest BCUT2D eigenvalue weighted by Gasteiger charge is -2.29. The van der Waals surface area contributed by atoms with Gasteiger partial charge in [-0.3, -0.25) is 5.41 Å². The van der Waals surface area contributed by atoms with E-state index in [1.54, 1.807) is 0 Å². The Balaban J connectivity index is 3.09. The largest absolute Gasteiger partial charge is 0.384 e. The average molecular weight is 234 g/mol. The first-order valence-electron chi connectivity index (χ1n) is 5.88. The Morgan fingerprint density at radius 3 is 2.41 bits per heavy atom. The molecular weight excluding hydrogens is 212 g/mol. The maximum Gasteiger partial charge on any atom is 0.129 e. The molecule has 0 aliphatic carbocycles. The predicted molar refractivity (Wildman–Crippen MR) is 72.7 cm³/mol. The third kappa shape index (κ3) is 3.19. The summed E-state index contributed by atoms with van der Waals surface area (Å²) in [6, 6.07) is 4.10. The lowest BCUT2D eigenvalue weighted by molar-refractivity contribution is 0.502. The monoisotopic (exact) mass is 234 g/mol. The number of anilines is 1. The molecule has 0 spiro atoms. The number of nitrogens with two attached hydrogens (primary N) is 1. The molecule has 17 heavy (non-hydrogen) atoms. The number of amidine groups is 1. The van der Waals surface area contributed by atoms with Gasteiger partial charge in [0.1, 0.15) is 11.7 Å². The van der Waals surface area contributed by atoms with Crippen molar-refractivity contribution >= 4 is 11.7 Å². The number of pyridine rings is 1. The molecular formula is C13H22N4. The van der Waals surface area contributed by atoms with Gasteiger partial charge >= 0.3 is 0 Å². The van der Waals surface area contributed by atoms with Crippen molar-refractivity contribution < 1.29 is 0 Å². The Kier molecular flexibility index (Phi) is 4.10. The Morgan fingerprint density at radius 1 is 1.35 bits per heavy atom. The molecule has 0 aliphatic rings. The molecule has 1 aromatic heterocycles. The van der Waals surface area contributed by atoms with E-state index < -0.39 is 0 Å². The Bertz CT molecular complexity index is 412. The van der Waals surface area contributed by atoms with E-state index in [9.17, 15) is 0 Å². The summed E-state index contributed by atoms with van der Waals surface area (Å²) in [5, 5.41) is 7.49. The number of rotatable bonds is 4. The molecule has 94 valence electrons. The number of nitrogen functional groups attached to an aromatic ring is 1. The van der Waals surface area contributed by atoms with Crippen LogP contribution in [0.3, 0.4) is 0 Å². The summed E-state index contributed by atoms with van der Waals surface area (Å²) < 4.78 is 0.